The van der Waals surface area contributed by atoms with E-state index in [9.17, 15) is 9.59 Å². The maximum absolute atomic E-state index is 12.5. The first kappa shape index (κ1) is 17.0. The molecule has 1 aromatic carbocycles. The summed E-state index contributed by atoms with van der Waals surface area (Å²) in [5.74, 6) is -0.115. The van der Waals surface area contributed by atoms with Crippen LogP contribution in [-0.4, -0.2) is 41.0 Å². The van der Waals surface area contributed by atoms with Crippen molar-refractivity contribution in [1.82, 2.24) is 20.5 Å². The fraction of sp³-hybridized carbons (Fsp3) is 0.316. The van der Waals surface area contributed by atoms with E-state index < -0.39 is 6.04 Å². The van der Waals surface area contributed by atoms with E-state index in [-0.39, 0.29) is 18.0 Å². The maximum atomic E-state index is 12.5. The number of benzene rings is 1. The number of nitrogens with one attached hydrogen (secondary N) is 2. The third-order valence-corrected chi connectivity index (χ3v) is 4.52. The second-order valence-electron chi connectivity index (χ2n) is 6.19. The Labute approximate surface area is 147 Å². The number of carbonyl (C=O) groups is 2. The summed E-state index contributed by atoms with van der Waals surface area (Å²) >= 11 is 0. The highest BCUT2D eigenvalue weighted by Crippen LogP contribution is 2.21. The van der Waals surface area contributed by atoms with Crippen LogP contribution in [0.1, 0.15) is 25.5 Å². The molecule has 1 aromatic heterocycles. The molecule has 3 rings (SSSR count). The lowest BCUT2D eigenvalue weighted by molar-refractivity contribution is -0.126. The van der Waals surface area contributed by atoms with Crippen LogP contribution < -0.4 is 10.6 Å². The molecule has 2 unspecified atom stereocenters. The first-order chi connectivity index (χ1) is 12.1. The molecule has 1 aliphatic rings. The minimum absolute atomic E-state index is 0.115. The minimum atomic E-state index is -0.449. The zero-order valence-electron chi connectivity index (χ0n) is 14.4. The fourth-order valence-corrected chi connectivity index (χ4v) is 2.92. The van der Waals surface area contributed by atoms with Gasteiger partial charge in [0.1, 0.15) is 6.04 Å². The van der Waals surface area contributed by atoms with Crippen LogP contribution in [0.4, 0.5) is 4.79 Å². The number of rotatable bonds is 3. The van der Waals surface area contributed by atoms with Crippen molar-refractivity contribution in [1.29, 1.82) is 0 Å². The van der Waals surface area contributed by atoms with Gasteiger partial charge >= 0.3 is 6.03 Å². The van der Waals surface area contributed by atoms with Gasteiger partial charge in [0.15, 0.2) is 0 Å². The Morgan fingerprint density at radius 3 is 2.52 bits per heavy atom. The molecule has 1 fully saturated rings. The summed E-state index contributed by atoms with van der Waals surface area (Å²) in [4.78, 5) is 29.7. The van der Waals surface area contributed by atoms with E-state index in [2.05, 4.69) is 15.6 Å². The molecule has 130 valence electrons. The number of pyridine rings is 1. The highest BCUT2D eigenvalue weighted by molar-refractivity contribution is 5.88. The van der Waals surface area contributed by atoms with Crippen LogP contribution in [-0.2, 0) is 4.79 Å². The highest BCUT2D eigenvalue weighted by Gasteiger charge is 2.29. The van der Waals surface area contributed by atoms with Crippen LogP contribution >= 0.6 is 0 Å². The predicted octanol–water partition coefficient (Wildman–Crippen LogP) is 2.34. The molecule has 0 aliphatic carbocycles. The van der Waals surface area contributed by atoms with Crippen molar-refractivity contribution in [2.24, 2.45) is 0 Å². The Bertz CT molecular complexity index is 746. The van der Waals surface area contributed by atoms with Gasteiger partial charge in [-0.2, -0.15) is 0 Å². The van der Waals surface area contributed by atoms with Crippen LogP contribution in [0, 0.1) is 0 Å². The van der Waals surface area contributed by atoms with Crippen molar-refractivity contribution in [2.45, 2.75) is 25.9 Å². The van der Waals surface area contributed by atoms with E-state index in [0.717, 1.165) is 16.7 Å². The number of nitrogens with zero attached hydrogens (tertiary/aromatic N) is 2. The molecule has 2 heterocycles. The molecule has 2 N–H and O–H groups in total. The van der Waals surface area contributed by atoms with Crippen molar-refractivity contribution in [3.63, 3.8) is 0 Å². The Balaban J connectivity index is 1.66. The molecule has 2 aromatic rings. The van der Waals surface area contributed by atoms with Crippen LogP contribution in [0.3, 0.4) is 0 Å². The van der Waals surface area contributed by atoms with Crippen LogP contribution in [0.15, 0.2) is 48.8 Å². The van der Waals surface area contributed by atoms with Gasteiger partial charge in [-0.25, -0.2) is 4.79 Å². The van der Waals surface area contributed by atoms with Gasteiger partial charge in [0.05, 0.1) is 6.04 Å². The molecular formula is C19H22N4O2. The first-order valence-electron chi connectivity index (χ1n) is 8.41. The van der Waals surface area contributed by atoms with Crippen molar-refractivity contribution in [3.05, 3.63) is 54.4 Å². The average Bonchev–Trinajstić information content (AvgIpc) is 2.64. The normalized spacial score (nSPS) is 18.4. The van der Waals surface area contributed by atoms with Crippen molar-refractivity contribution in [3.8, 4) is 11.1 Å². The minimum Gasteiger partial charge on any atom is -0.353 e. The van der Waals surface area contributed by atoms with E-state index in [1.807, 2.05) is 43.3 Å². The van der Waals surface area contributed by atoms with Gasteiger partial charge in [0.2, 0.25) is 5.91 Å². The van der Waals surface area contributed by atoms with Gasteiger partial charge in [-0.3, -0.25) is 9.78 Å². The monoisotopic (exact) mass is 338 g/mol. The quantitative estimate of drug-likeness (QED) is 0.902. The van der Waals surface area contributed by atoms with E-state index in [1.54, 1.807) is 24.2 Å². The van der Waals surface area contributed by atoms with E-state index in [0.29, 0.717) is 13.1 Å². The summed E-state index contributed by atoms with van der Waals surface area (Å²) < 4.78 is 0. The Morgan fingerprint density at radius 1 is 1.20 bits per heavy atom. The molecular weight excluding hydrogens is 316 g/mol. The molecule has 1 aliphatic heterocycles. The van der Waals surface area contributed by atoms with Gasteiger partial charge in [-0.15, -0.1) is 0 Å². The third-order valence-electron chi connectivity index (χ3n) is 4.52. The lowest BCUT2D eigenvalue weighted by atomic mass is 10.0. The van der Waals surface area contributed by atoms with Crippen LogP contribution in [0.5, 0.6) is 0 Å². The molecule has 0 radical (unpaired) electrons. The maximum Gasteiger partial charge on any atom is 0.318 e. The number of hydrogen-bond donors (Lipinski definition) is 2. The molecule has 3 amide bonds. The Morgan fingerprint density at radius 2 is 1.84 bits per heavy atom. The molecule has 6 nitrogen and oxygen atoms in total. The van der Waals surface area contributed by atoms with Crippen molar-refractivity contribution >= 4 is 11.9 Å². The molecule has 0 saturated carbocycles. The molecule has 25 heavy (non-hydrogen) atoms. The average molecular weight is 338 g/mol. The molecule has 0 spiro atoms. The van der Waals surface area contributed by atoms with Gasteiger partial charge in [-0.1, -0.05) is 24.3 Å². The smallest absolute Gasteiger partial charge is 0.318 e. The predicted molar refractivity (Wildman–Crippen MR) is 95.8 cm³/mol. The third kappa shape index (κ3) is 3.79. The van der Waals surface area contributed by atoms with E-state index in [4.69, 9.17) is 0 Å². The standard InChI is InChI=1S/C19H22N4O2/c1-13(22-19(25)23-12-11-21-18(24)14(23)2)15-3-5-16(6-4-15)17-7-9-20-10-8-17/h3-10,13-14H,11-12H2,1-2H3,(H,21,24)(H,22,25). The van der Waals surface area contributed by atoms with E-state index >= 15 is 0 Å². The lowest BCUT2D eigenvalue weighted by Crippen LogP contribution is -2.58. The number of urea groups is 1. The number of aromatic nitrogens is 1. The summed E-state index contributed by atoms with van der Waals surface area (Å²) in [5, 5.41) is 5.73. The van der Waals surface area contributed by atoms with Gasteiger partial charge in [-0.05, 0) is 42.7 Å². The summed E-state index contributed by atoms with van der Waals surface area (Å²) in [6.45, 7) is 4.69. The summed E-state index contributed by atoms with van der Waals surface area (Å²) in [5.41, 5.74) is 3.22. The number of hydrogen-bond acceptors (Lipinski definition) is 3. The van der Waals surface area contributed by atoms with Gasteiger partial charge < -0.3 is 15.5 Å². The van der Waals surface area contributed by atoms with Crippen molar-refractivity contribution in [2.75, 3.05) is 13.1 Å². The highest BCUT2D eigenvalue weighted by atomic mass is 16.2. The van der Waals surface area contributed by atoms with Crippen molar-refractivity contribution < 1.29 is 9.59 Å². The SMILES string of the molecule is CC(NC(=O)N1CCNC(=O)C1C)c1ccc(-c2ccncc2)cc1. The summed E-state index contributed by atoms with van der Waals surface area (Å²) in [6, 6.07) is 11.2. The summed E-state index contributed by atoms with van der Waals surface area (Å²) in [7, 11) is 0. The largest absolute Gasteiger partial charge is 0.353 e. The molecule has 6 heteroatoms. The Hall–Kier alpha value is -2.89. The zero-order valence-corrected chi connectivity index (χ0v) is 14.4. The van der Waals surface area contributed by atoms with E-state index in [1.165, 1.54) is 0 Å². The van der Waals surface area contributed by atoms with Crippen LogP contribution in [0.25, 0.3) is 11.1 Å². The van der Waals surface area contributed by atoms with Crippen LogP contribution in [0.2, 0.25) is 0 Å². The molecule has 0 bridgehead atoms. The summed E-state index contributed by atoms with van der Waals surface area (Å²) in [6.07, 6.45) is 3.53. The number of carbonyl (C=O) groups excluding carboxylic acids is 2. The topological polar surface area (TPSA) is 74.3 Å². The lowest BCUT2D eigenvalue weighted by Gasteiger charge is -2.33. The van der Waals surface area contributed by atoms with Gasteiger partial charge in [0.25, 0.3) is 0 Å². The number of piperazine rings is 1. The number of amides is 3. The molecule has 2 atom stereocenters. The van der Waals surface area contributed by atoms with Gasteiger partial charge in [0, 0.05) is 25.5 Å². The zero-order chi connectivity index (χ0) is 17.8. The second-order valence-corrected chi connectivity index (χ2v) is 6.19. The fourth-order valence-electron chi connectivity index (χ4n) is 2.92. The first-order valence-corrected chi connectivity index (χ1v) is 8.41. The molecule has 1 saturated heterocycles. The Kier molecular flexibility index (Phi) is 4.97. The second kappa shape index (κ2) is 7.34.